The number of piperazine rings is 1. The van der Waals surface area contributed by atoms with E-state index in [1.54, 1.807) is 28.0 Å². The third-order valence-corrected chi connectivity index (χ3v) is 9.32. The van der Waals surface area contributed by atoms with E-state index < -0.39 is 12.4 Å². The number of ether oxygens (including phenoxy) is 3. The molecule has 8 nitrogen and oxygen atoms in total. The number of carbonyl (C=O) groups excluding carboxylic acids is 2. The number of hydrogen-bond acceptors (Lipinski definition) is 6. The summed E-state index contributed by atoms with van der Waals surface area (Å²) in [6.45, 7) is 4.85. The lowest BCUT2D eigenvalue weighted by atomic mass is 9.82. The van der Waals surface area contributed by atoms with Crippen molar-refractivity contribution >= 4 is 40.6 Å². The fourth-order valence-corrected chi connectivity index (χ4v) is 7.15. The summed E-state index contributed by atoms with van der Waals surface area (Å²) in [6.07, 6.45) is -2.71. The molecule has 0 aromatic heterocycles. The van der Waals surface area contributed by atoms with Crippen molar-refractivity contribution in [3.05, 3.63) is 93.0 Å². The maximum absolute atomic E-state index is 14.5. The maximum atomic E-state index is 14.5. The van der Waals surface area contributed by atoms with Gasteiger partial charge in [-0.3, -0.25) is 9.59 Å². The summed E-state index contributed by atoms with van der Waals surface area (Å²) < 4.78 is 54.5. The second-order valence-corrected chi connectivity index (χ2v) is 13.4. The van der Waals surface area contributed by atoms with Crippen LogP contribution in [-0.4, -0.2) is 72.4 Å². The Hall–Kier alpha value is -3.93. The first-order chi connectivity index (χ1) is 23.3. The molecule has 260 valence electrons. The molecule has 0 radical (unpaired) electrons. The molecule has 3 aromatic carbocycles. The Morgan fingerprint density at radius 2 is 1.65 bits per heavy atom. The van der Waals surface area contributed by atoms with Gasteiger partial charge in [0.2, 0.25) is 5.91 Å². The van der Waals surface area contributed by atoms with Crippen LogP contribution in [0.15, 0.2) is 66.2 Å². The first-order valence-electron chi connectivity index (χ1n) is 16.1. The average Bonchev–Trinajstić information content (AvgIpc) is 3.87. The molecule has 49 heavy (non-hydrogen) atoms. The van der Waals surface area contributed by atoms with Gasteiger partial charge in [-0.2, -0.15) is 0 Å². The molecule has 2 fully saturated rings. The highest BCUT2D eigenvalue weighted by atomic mass is 35.5. The quantitative estimate of drug-likeness (QED) is 0.212. The summed E-state index contributed by atoms with van der Waals surface area (Å²) in [6, 6.07) is 16.3. The van der Waals surface area contributed by atoms with Crippen molar-refractivity contribution in [2.24, 2.45) is 0 Å². The van der Waals surface area contributed by atoms with Gasteiger partial charge in [0.1, 0.15) is 24.7 Å². The Kier molecular flexibility index (Phi) is 10.3. The van der Waals surface area contributed by atoms with Gasteiger partial charge in [0.15, 0.2) is 5.75 Å². The van der Waals surface area contributed by atoms with Crippen molar-refractivity contribution in [1.29, 1.82) is 0 Å². The van der Waals surface area contributed by atoms with Gasteiger partial charge in [-0.1, -0.05) is 47.5 Å². The van der Waals surface area contributed by atoms with E-state index in [4.69, 9.17) is 32.7 Å². The van der Waals surface area contributed by atoms with Gasteiger partial charge in [-0.05, 0) is 84.8 Å². The van der Waals surface area contributed by atoms with Crippen LogP contribution in [0.3, 0.4) is 0 Å². The number of halogens is 5. The van der Waals surface area contributed by atoms with Gasteiger partial charge in [0, 0.05) is 44.2 Å². The molecule has 2 atom stereocenters. The number of fused-ring (bicyclic) bond motifs is 2. The van der Waals surface area contributed by atoms with Gasteiger partial charge in [0.25, 0.3) is 5.91 Å². The van der Waals surface area contributed by atoms with Crippen LogP contribution in [0.1, 0.15) is 42.9 Å². The molecular weight excluding hydrogens is 682 g/mol. The highest BCUT2D eigenvalue weighted by Crippen LogP contribution is 2.38. The van der Waals surface area contributed by atoms with E-state index in [0.717, 1.165) is 29.5 Å². The molecule has 1 saturated heterocycles. The third kappa shape index (κ3) is 8.63. The van der Waals surface area contributed by atoms with Gasteiger partial charge in [0.05, 0.1) is 16.1 Å². The molecular formula is C36H36Cl2F3N3O5. The lowest BCUT2D eigenvalue weighted by molar-refractivity contribution is -0.274. The molecule has 3 aliphatic rings. The van der Waals surface area contributed by atoms with Crippen molar-refractivity contribution < 1.29 is 37.0 Å². The number of carbonyl (C=O) groups is 2. The highest BCUT2D eigenvalue weighted by molar-refractivity contribution is 6.37. The molecule has 2 aliphatic heterocycles. The molecule has 2 heterocycles. The van der Waals surface area contributed by atoms with Crippen LogP contribution in [0.5, 0.6) is 17.2 Å². The van der Waals surface area contributed by atoms with Crippen LogP contribution in [-0.2, 0) is 16.1 Å². The van der Waals surface area contributed by atoms with Crippen LogP contribution in [0.25, 0.3) is 5.57 Å². The standard InChI is InChI=1S/C36H36Cl2F3N3O5/c1-21-14-30(37)34(31(38)15-21)48-13-12-47-27-10-6-24(7-11-27)29-17-25-19-43(22(2)45)20-32(42-25)33(29)35(46)44(26-8-9-26)18-23-4-3-5-28(16-23)49-36(39,40)41/h3-7,10-11,14-16,25-26,32,42H,8-9,12-13,17-20H2,1-2H3/t25-,32-/m1/s1. The Morgan fingerprint density at radius 1 is 0.959 bits per heavy atom. The molecule has 1 saturated carbocycles. The summed E-state index contributed by atoms with van der Waals surface area (Å²) in [5, 5.41) is 4.40. The predicted octanol–water partition coefficient (Wildman–Crippen LogP) is 7.20. The van der Waals surface area contributed by atoms with Crippen molar-refractivity contribution in [1.82, 2.24) is 15.1 Å². The zero-order valence-corrected chi connectivity index (χ0v) is 28.5. The van der Waals surface area contributed by atoms with E-state index >= 15 is 0 Å². The first-order valence-corrected chi connectivity index (χ1v) is 16.8. The van der Waals surface area contributed by atoms with Gasteiger partial charge in [-0.15, -0.1) is 13.2 Å². The van der Waals surface area contributed by atoms with Crippen LogP contribution in [0.4, 0.5) is 13.2 Å². The topological polar surface area (TPSA) is 80.3 Å². The summed E-state index contributed by atoms with van der Waals surface area (Å²) in [5.41, 5.74) is 3.75. The molecule has 13 heteroatoms. The normalized spacial score (nSPS) is 19.0. The fourth-order valence-electron chi connectivity index (χ4n) is 6.45. The number of benzene rings is 3. The summed E-state index contributed by atoms with van der Waals surface area (Å²) >= 11 is 12.5. The first kappa shape index (κ1) is 34.9. The minimum Gasteiger partial charge on any atom is -0.490 e. The molecule has 0 unspecified atom stereocenters. The minimum absolute atomic E-state index is 0.0404. The van der Waals surface area contributed by atoms with Crippen molar-refractivity contribution in [3.8, 4) is 17.2 Å². The smallest absolute Gasteiger partial charge is 0.490 e. The zero-order valence-electron chi connectivity index (χ0n) is 27.0. The molecule has 3 aromatic rings. The minimum atomic E-state index is -4.82. The maximum Gasteiger partial charge on any atom is 0.573 e. The van der Waals surface area contributed by atoms with E-state index in [0.29, 0.717) is 52.2 Å². The Bertz CT molecular complexity index is 1720. The number of amides is 2. The van der Waals surface area contributed by atoms with Crippen LogP contribution in [0.2, 0.25) is 10.0 Å². The highest BCUT2D eigenvalue weighted by Gasteiger charge is 2.43. The Labute approximate surface area is 292 Å². The van der Waals surface area contributed by atoms with Crippen molar-refractivity contribution in [3.63, 3.8) is 0 Å². The second kappa shape index (κ2) is 14.5. The van der Waals surface area contributed by atoms with Gasteiger partial charge < -0.3 is 29.3 Å². The van der Waals surface area contributed by atoms with Crippen LogP contribution in [0, 0.1) is 6.92 Å². The number of aryl methyl sites for hydroxylation is 1. The monoisotopic (exact) mass is 717 g/mol. The van der Waals surface area contributed by atoms with E-state index in [1.807, 2.05) is 31.2 Å². The van der Waals surface area contributed by atoms with Crippen LogP contribution >= 0.6 is 23.2 Å². The SMILES string of the molecule is CC(=O)N1C[C@H]2CC(c3ccc(OCCOc4c(Cl)cc(C)cc4Cl)cc3)=C(C(=O)N(Cc3cccc(OC(F)(F)F)c3)C3CC3)[C@@H](C1)N2. The molecule has 0 spiro atoms. The summed E-state index contributed by atoms with van der Waals surface area (Å²) in [7, 11) is 0. The van der Waals surface area contributed by atoms with Crippen molar-refractivity contribution in [2.45, 2.75) is 64.1 Å². The van der Waals surface area contributed by atoms with E-state index in [-0.39, 0.29) is 49.4 Å². The van der Waals surface area contributed by atoms with Gasteiger partial charge in [-0.25, -0.2) is 0 Å². The molecule has 1 N–H and O–H groups in total. The van der Waals surface area contributed by atoms with E-state index in [9.17, 15) is 22.8 Å². The number of nitrogens with one attached hydrogen (secondary N) is 1. The van der Waals surface area contributed by atoms with Crippen molar-refractivity contribution in [2.75, 3.05) is 26.3 Å². The lowest BCUT2D eigenvalue weighted by Gasteiger charge is -2.44. The van der Waals surface area contributed by atoms with Crippen LogP contribution < -0.4 is 19.5 Å². The fraction of sp³-hybridized carbons (Fsp3) is 0.389. The Balaban J connectivity index is 1.22. The molecule has 2 bridgehead atoms. The lowest BCUT2D eigenvalue weighted by Crippen LogP contribution is -2.61. The largest absolute Gasteiger partial charge is 0.573 e. The molecule has 1 aliphatic carbocycles. The molecule has 6 rings (SSSR count). The third-order valence-electron chi connectivity index (χ3n) is 8.76. The number of rotatable bonds is 11. The summed E-state index contributed by atoms with van der Waals surface area (Å²) in [4.78, 5) is 30.4. The van der Waals surface area contributed by atoms with Gasteiger partial charge >= 0.3 is 6.36 Å². The number of nitrogens with zero attached hydrogens (tertiary/aromatic N) is 2. The second-order valence-electron chi connectivity index (χ2n) is 12.6. The average molecular weight is 719 g/mol. The zero-order chi connectivity index (χ0) is 34.9. The number of alkyl halides is 3. The summed E-state index contributed by atoms with van der Waals surface area (Å²) in [5.74, 6) is 0.409. The Morgan fingerprint density at radius 3 is 2.31 bits per heavy atom. The predicted molar refractivity (Wildman–Crippen MR) is 180 cm³/mol. The van der Waals surface area contributed by atoms with E-state index in [2.05, 4.69) is 10.1 Å². The number of hydrogen-bond donors (Lipinski definition) is 1. The molecule has 2 amide bonds. The van der Waals surface area contributed by atoms with E-state index in [1.165, 1.54) is 25.1 Å².